The fourth-order valence-corrected chi connectivity index (χ4v) is 1.91. The number of nitriles is 1. The molecule has 0 unspecified atom stereocenters. The van der Waals surface area contributed by atoms with Crippen molar-refractivity contribution in [3.63, 3.8) is 0 Å². The summed E-state index contributed by atoms with van der Waals surface area (Å²) in [5, 5.41) is 11.7. The van der Waals surface area contributed by atoms with E-state index in [9.17, 15) is 4.79 Å². The first-order chi connectivity index (χ1) is 9.63. The number of benzene rings is 2. The van der Waals surface area contributed by atoms with Crippen molar-refractivity contribution in [3.05, 3.63) is 64.7 Å². The molecule has 0 atom stereocenters. The lowest BCUT2D eigenvalue weighted by Gasteiger charge is -2.09. The Morgan fingerprint density at radius 3 is 2.50 bits per heavy atom. The van der Waals surface area contributed by atoms with Crippen LogP contribution in [0.25, 0.3) is 0 Å². The summed E-state index contributed by atoms with van der Waals surface area (Å²) in [6.45, 7) is 3.97. The van der Waals surface area contributed by atoms with Crippen molar-refractivity contribution in [2.75, 3.05) is 5.32 Å². The number of hydrogen-bond donors (Lipinski definition) is 1. The van der Waals surface area contributed by atoms with E-state index in [2.05, 4.69) is 18.3 Å². The zero-order chi connectivity index (χ0) is 14.5. The summed E-state index contributed by atoms with van der Waals surface area (Å²) in [5.74, 6) is -0.161. The standard InChI is InChI=1S/C17H16N2O/c1-3-13-6-8-15(9-7-13)17(20)19-16-10-14(11-18)5-4-12(16)2/h4-10H,3H2,1-2H3,(H,19,20). The fraction of sp³-hybridized carbons (Fsp3) is 0.176. The van der Waals surface area contributed by atoms with E-state index >= 15 is 0 Å². The Balaban J connectivity index is 2.20. The first-order valence-electron chi connectivity index (χ1n) is 6.55. The molecule has 0 aliphatic carbocycles. The van der Waals surface area contributed by atoms with Crippen LogP contribution in [0.15, 0.2) is 42.5 Å². The van der Waals surface area contributed by atoms with Crippen LogP contribution in [-0.4, -0.2) is 5.91 Å². The van der Waals surface area contributed by atoms with Crippen molar-refractivity contribution in [1.29, 1.82) is 5.26 Å². The summed E-state index contributed by atoms with van der Waals surface area (Å²) in [6.07, 6.45) is 0.950. The summed E-state index contributed by atoms with van der Waals surface area (Å²) in [4.78, 5) is 12.2. The molecule has 3 heteroatoms. The first-order valence-corrected chi connectivity index (χ1v) is 6.55. The monoisotopic (exact) mass is 264 g/mol. The van der Waals surface area contributed by atoms with Crippen LogP contribution in [0.3, 0.4) is 0 Å². The Kier molecular flexibility index (Phi) is 4.17. The Morgan fingerprint density at radius 2 is 1.90 bits per heavy atom. The predicted octanol–water partition coefficient (Wildman–Crippen LogP) is 3.68. The van der Waals surface area contributed by atoms with Gasteiger partial charge in [0.25, 0.3) is 5.91 Å². The molecule has 100 valence electrons. The molecule has 2 rings (SSSR count). The molecule has 2 aromatic rings. The second kappa shape index (κ2) is 6.03. The van der Waals surface area contributed by atoms with Crippen LogP contribution in [0, 0.1) is 18.3 Å². The third-order valence-electron chi connectivity index (χ3n) is 3.24. The molecular formula is C17H16N2O. The highest BCUT2D eigenvalue weighted by atomic mass is 16.1. The maximum atomic E-state index is 12.2. The fourth-order valence-electron chi connectivity index (χ4n) is 1.91. The Morgan fingerprint density at radius 1 is 1.20 bits per heavy atom. The summed E-state index contributed by atoms with van der Waals surface area (Å²) in [6, 6.07) is 14.9. The molecule has 0 radical (unpaired) electrons. The van der Waals surface area contributed by atoms with Crippen LogP contribution < -0.4 is 5.32 Å². The van der Waals surface area contributed by atoms with Gasteiger partial charge in [-0.1, -0.05) is 25.1 Å². The SMILES string of the molecule is CCc1ccc(C(=O)Nc2cc(C#N)ccc2C)cc1. The van der Waals surface area contributed by atoms with Crippen LogP contribution in [0.4, 0.5) is 5.69 Å². The molecule has 3 nitrogen and oxygen atoms in total. The van der Waals surface area contributed by atoms with Gasteiger partial charge in [0.05, 0.1) is 11.6 Å². The number of carbonyl (C=O) groups is 1. The van der Waals surface area contributed by atoms with Crippen molar-refractivity contribution in [3.8, 4) is 6.07 Å². The molecule has 0 aliphatic rings. The lowest BCUT2D eigenvalue weighted by atomic mass is 10.1. The smallest absolute Gasteiger partial charge is 0.255 e. The summed E-state index contributed by atoms with van der Waals surface area (Å²) in [5.41, 5.74) is 3.96. The van der Waals surface area contributed by atoms with E-state index in [0.717, 1.165) is 12.0 Å². The van der Waals surface area contributed by atoms with Gasteiger partial charge in [-0.25, -0.2) is 0 Å². The highest BCUT2D eigenvalue weighted by Gasteiger charge is 2.08. The highest BCUT2D eigenvalue weighted by Crippen LogP contribution is 2.17. The van der Waals surface area contributed by atoms with E-state index in [0.29, 0.717) is 16.8 Å². The van der Waals surface area contributed by atoms with Gasteiger partial charge in [0.2, 0.25) is 0 Å². The molecule has 0 spiro atoms. The van der Waals surface area contributed by atoms with Gasteiger partial charge in [0.15, 0.2) is 0 Å². The van der Waals surface area contributed by atoms with Gasteiger partial charge in [-0.3, -0.25) is 4.79 Å². The van der Waals surface area contributed by atoms with Crippen LogP contribution in [0.5, 0.6) is 0 Å². The van der Waals surface area contributed by atoms with Gasteiger partial charge in [-0.15, -0.1) is 0 Å². The molecule has 20 heavy (non-hydrogen) atoms. The third-order valence-corrected chi connectivity index (χ3v) is 3.24. The van der Waals surface area contributed by atoms with E-state index in [4.69, 9.17) is 5.26 Å². The predicted molar refractivity (Wildman–Crippen MR) is 79.7 cm³/mol. The van der Waals surface area contributed by atoms with Gasteiger partial charge in [-0.2, -0.15) is 5.26 Å². The zero-order valence-corrected chi connectivity index (χ0v) is 11.6. The minimum absolute atomic E-state index is 0.161. The van der Waals surface area contributed by atoms with Crippen LogP contribution in [0.2, 0.25) is 0 Å². The maximum absolute atomic E-state index is 12.2. The Bertz CT molecular complexity index is 666. The van der Waals surface area contributed by atoms with Gasteiger partial charge < -0.3 is 5.32 Å². The number of hydrogen-bond acceptors (Lipinski definition) is 2. The minimum atomic E-state index is -0.161. The van der Waals surface area contributed by atoms with Gasteiger partial charge >= 0.3 is 0 Å². The van der Waals surface area contributed by atoms with Crippen molar-refractivity contribution < 1.29 is 4.79 Å². The third kappa shape index (κ3) is 3.04. The van der Waals surface area contributed by atoms with E-state index in [1.54, 1.807) is 12.1 Å². The number of aryl methyl sites for hydroxylation is 2. The van der Waals surface area contributed by atoms with Crippen LogP contribution in [0.1, 0.15) is 34.0 Å². The number of rotatable bonds is 3. The van der Waals surface area contributed by atoms with Crippen molar-refractivity contribution in [1.82, 2.24) is 0 Å². The molecular weight excluding hydrogens is 248 g/mol. The van der Waals surface area contributed by atoms with Crippen LogP contribution in [-0.2, 0) is 6.42 Å². The van der Waals surface area contributed by atoms with Gasteiger partial charge in [-0.05, 0) is 48.7 Å². The number of carbonyl (C=O) groups excluding carboxylic acids is 1. The molecule has 0 saturated carbocycles. The normalized spacial score (nSPS) is 9.85. The van der Waals surface area contributed by atoms with Gasteiger partial charge in [0.1, 0.15) is 0 Å². The number of anilines is 1. The van der Waals surface area contributed by atoms with E-state index in [-0.39, 0.29) is 5.91 Å². The van der Waals surface area contributed by atoms with Crippen LogP contribution >= 0.6 is 0 Å². The molecule has 0 heterocycles. The minimum Gasteiger partial charge on any atom is -0.322 e. The molecule has 1 amide bonds. The Labute approximate surface area is 118 Å². The summed E-state index contributed by atoms with van der Waals surface area (Å²) < 4.78 is 0. The summed E-state index contributed by atoms with van der Waals surface area (Å²) in [7, 11) is 0. The average Bonchev–Trinajstić information content (AvgIpc) is 2.49. The Hall–Kier alpha value is -2.60. The lowest BCUT2D eigenvalue weighted by molar-refractivity contribution is 0.102. The molecule has 0 aromatic heterocycles. The number of amides is 1. The number of nitrogens with zero attached hydrogens (tertiary/aromatic N) is 1. The second-order valence-electron chi connectivity index (χ2n) is 4.65. The summed E-state index contributed by atoms with van der Waals surface area (Å²) >= 11 is 0. The van der Waals surface area contributed by atoms with E-state index in [1.807, 2.05) is 37.3 Å². The zero-order valence-electron chi connectivity index (χ0n) is 11.6. The molecule has 0 saturated heterocycles. The lowest BCUT2D eigenvalue weighted by Crippen LogP contribution is -2.12. The molecule has 0 aliphatic heterocycles. The maximum Gasteiger partial charge on any atom is 0.255 e. The highest BCUT2D eigenvalue weighted by molar-refractivity contribution is 6.04. The van der Waals surface area contributed by atoms with Crippen molar-refractivity contribution >= 4 is 11.6 Å². The van der Waals surface area contributed by atoms with Crippen molar-refractivity contribution in [2.24, 2.45) is 0 Å². The topological polar surface area (TPSA) is 52.9 Å². The van der Waals surface area contributed by atoms with E-state index < -0.39 is 0 Å². The van der Waals surface area contributed by atoms with Gasteiger partial charge in [0, 0.05) is 11.3 Å². The molecule has 0 bridgehead atoms. The molecule has 2 aromatic carbocycles. The largest absolute Gasteiger partial charge is 0.322 e. The quantitative estimate of drug-likeness (QED) is 0.919. The molecule has 0 fully saturated rings. The number of nitrogens with one attached hydrogen (secondary N) is 1. The second-order valence-corrected chi connectivity index (χ2v) is 4.65. The first kappa shape index (κ1) is 13.8. The molecule has 1 N–H and O–H groups in total. The van der Waals surface area contributed by atoms with E-state index in [1.165, 1.54) is 5.56 Å². The average molecular weight is 264 g/mol. The van der Waals surface area contributed by atoms with Crippen molar-refractivity contribution in [2.45, 2.75) is 20.3 Å².